The Kier molecular flexibility index (Phi) is 13.3. The van der Waals surface area contributed by atoms with Gasteiger partial charge in [-0.1, -0.05) is 13.0 Å². The molecule has 0 radical (unpaired) electrons. The molecule has 9 nitrogen and oxygen atoms in total. The second-order valence-electron chi connectivity index (χ2n) is 10.4. The fraction of sp³-hybridized carbons (Fsp3) is 0.387. The van der Waals surface area contributed by atoms with Crippen molar-refractivity contribution < 1.29 is 15.8 Å². The highest BCUT2D eigenvalue weighted by atomic mass is 35.5. The van der Waals surface area contributed by atoms with Crippen LogP contribution < -0.4 is 10.1 Å². The largest absolute Gasteiger partial charge is 0.497 e. The predicted molar refractivity (Wildman–Crippen MR) is 178 cm³/mol. The molecule has 0 aliphatic rings. The van der Waals surface area contributed by atoms with E-state index in [4.69, 9.17) is 9.72 Å². The van der Waals surface area contributed by atoms with Crippen molar-refractivity contribution in [1.82, 2.24) is 24.4 Å². The van der Waals surface area contributed by atoms with Crippen molar-refractivity contribution >= 4 is 46.1 Å². The first-order valence-electron chi connectivity index (χ1n) is 13.7. The van der Waals surface area contributed by atoms with Crippen LogP contribution in [0, 0.1) is 13.8 Å². The van der Waals surface area contributed by atoms with E-state index in [0.29, 0.717) is 5.95 Å². The lowest BCUT2D eigenvalue weighted by Gasteiger charge is -2.27. The third-order valence-electron chi connectivity index (χ3n) is 6.91. The van der Waals surface area contributed by atoms with Crippen LogP contribution in [0.15, 0.2) is 59.5 Å². The summed E-state index contributed by atoms with van der Waals surface area (Å²) in [5.41, 5.74) is 6.64. The molecule has 1 aromatic heterocycles. The SMILES string of the molecule is CCCN(C)CCN(C(C)C)S(=O)c1ccc(Nc2nnc3cc(-c4cc(OC)ccc4C)cc(C)c3n2)cc1.Cl.O.[HH]. The lowest BCUT2D eigenvalue weighted by atomic mass is 9.98. The van der Waals surface area contributed by atoms with Gasteiger partial charge in [-0.25, -0.2) is 13.5 Å². The van der Waals surface area contributed by atoms with Crippen molar-refractivity contribution in [3.63, 3.8) is 0 Å². The average Bonchev–Trinajstić information content (AvgIpc) is 2.94. The van der Waals surface area contributed by atoms with Crippen LogP contribution in [0.4, 0.5) is 11.6 Å². The normalized spacial score (nSPS) is 11.9. The maximum Gasteiger partial charge on any atom is 0.247 e. The number of nitrogens with zero attached hydrogens (tertiary/aromatic N) is 5. The van der Waals surface area contributed by atoms with E-state index in [-0.39, 0.29) is 25.4 Å². The van der Waals surface area contributed by atoms with Gasteiger partial charge in [0.1, 0.15) is 22.3 Å². The van der Waals surface area contributed by atoms with Crippen molar-refractivity contribution in [3.05, 3.63) is 65.7 Å². The maximum atomic E-state index is 13.4. The number of aromatic nitrogens is 3. The second kappa shape index (κ2) is 15.9. The van der Waals surface area contributed by atoms with Crippen LogP contribution in [0.1, 0.15) is 39.7 Å². The fourth-order valence-corrected chi connectivity index (χ4v) is 5.94. The number of anilines is 2. The number of hydrogen-bond donors (Lipinski definition) is 1. The van der Waals surface area contributed by atoms with E-state index in [2.05, 4.69) is 67.3 Å². The first-order chi connectivity index (χ1) is 19.2. The van der Waals surface area contributed by atoms with Gasteiger partial charge in [-0.05, 0) is 118 Å². The van der Waals surface area contributed by atoms with E-state index in [0.717, 1.165) is 75.7 Å². The monoisotopic (exact) mass is 616 g/mol. The number of rotatable bonds is 12. The van der Waals surface area contributed by atoms with Crippen LogP contribution in [0.5, 0.6) is 5.75 Å². The van der Waals surface area contributed by atoms with E-state index in [9.17, 15) is 4.21 Å². The fourth-order valence-electron chi connectivity index (χ4n) is 4.67. The summed E-state index contributed by atoms with van der Waals surface area (Å²) in [4.78, 5) is 7.79. The minimum atomic E-state index is -1.24. The van der Waals surface area contributed by atoms with Gasteiger partial charge in [-0.3, -0.25) is 0 Å². The molecule has 42 heavy (non-hydrogen) atoms. The van der Waals surface area contributed by atoms with E-state index in [1.54, 1.807) is 7.11 Å². The van der Waals surface area contributed by atoms with Crippen molar-refractivity contribution in [2.24, 2.45) is 0 Å². The molecule has 3 aromatic carbocycles. The van der Waals surface area contributed by atoms with Crippen molar-refractivity contribution in [2.75, 3.05) is 39.1 Å². The lowest BCUT2D eigenvalue weighted by Crippen LogP contribution is -2.39. The topological polar surface area (TPSA) is 115 Å². The zero-order chi connectivity index (χ0) is 28.8. The highest BCUT2D eigenvalue weighted by Gasteiger charge is 2.19. The molecule has 11 heteroatoms. The van der Waals surface area contributed by atoms with Gasteiger partial charge in [0.05, 0.1) is 17.5 Å². The van der Waals surface area contributed by atoms with Crippen LogP contribution in [-0.2, 0) is 11.0 Å². The number of benzene rings is 3. The van der Waals surface area contributed by atoms with Gasteiger partial charge in [-0.2, -0.15) is 0 Å². The average molecular weight is 617 g/mol. The highest BCUT2D eigenvalue weighted by Crippen LogP contribution is 2.31. The third-order valence-corrected chi connectivity index (χ3v) is 8.62. The van der Waals surface area contributed by atoms with E-state index >= 15 is 0 Å². The van der Waals surface area contributed by atoms with E-state index in [1.807, 2.05) is 53.7 Å². The van der Waals surface area contributed by atoms with Gasteiger partial charge in [0.25, 0.3) is 0 Å². The van der Waals surface area contributed by atoms with Crippen LogP contribution >= 0.6 is 12.4 Å². The summed E-state index contributed by atoms with van der Waals surface area (Å²) in [6, 6.07) is 18.0. The Labute approximate surface area is 259 Å². The number of hydrogen-bond acceptors (Lipinski definition) is 7. The second-order valence-corrected chi connectivity index (χ2v) is 11.9. The highest BCUT2D eigenvalue weighted by molar-refractivity contribution is 7.82. The van der Waals surface area contributed by atoms with Gasteiger partial charge in [0.2, 0.25) is 5.95 Å². The number of likely N-dealkylation sites (N-methyl/N-ethyl adjacent to an activating group) is 1. The number of ether oxygens (including phenoxy) is 1. The predicted octanol–water partition coefficient (Wildman–Crippen LogP) is 5.98. The number of halogens is 1. The smallest absolute Gasteiger partial charge is 0.247 e. The molecule has 1 unspecified atom stereocenters. The quantitative estimate of drug-likeness (QED) is 0.208. The summed E-state index contributed by atoms with van der Waals surface area (Å²) in [5.74, 6) is 1.23. The molecule has 4 rings (SSSR count). The Bertz CT molecular complexity index is 1490. The summed E-state index contributed by atoms with van der Waals surface area (Å²) >= 11 is 0. The van der Waals surface area contributed by atoms with Crippen molar-refractivity contribution in [1.29, 1.82) is 0 Å². The van der Waals surface area contributed by atoms with Crippen LogP contribution in [0.3, 0.4) is 0 Å². The summed E-state index contributed by atoms with van der Waals surface area (Å²) in [5, 5.41) is 12.0. The molecule has 4 aromatic rings. The Morgan fingerprint density at radius 3 is 2.33 bits per heavy atom. The molecule has 1 atom stereocenters. The van der Waals surface area contributed by atoms with Gasteiger partial charge >= 0.3 is 0 Å². The zero-order valence-corrected chi connectivity index (χ0v) is 27.1. The Hall–Kier alpha value is -3.15. The number of nitrogens with one attached hydrogen (secondary N) is 1. The standard InChI is InChI=1S/C31H40N6O2S.ClH.H2O.H2/c1-8-15-36(6)16-17-37(21(2)3)40(38)27-13-10-25(11-14-27)32-31-33-30-23(5)18-24(19-29(30)34-35-31)28-20-26(39-7)12-9-22(28)4;;;/h9-14,18-21H,8,15-17H2,1-7H3,(H,32,33,35);1H;1H2;1H. The van der Waals surface area contributed by atoms with Crippen LogP contribution in [-0.4, -0.2) is 73.9 Å². The van der Waals surface area contributed by atoms with Gasteiger partial charge in [0, 0.05) is 26.2 Å². The molecule has 0 aliphatic heterocycles. The molecule has 0 amide bonds. The molecule has 0 aliphatic carbocycles. The molecule has 1 heterocycles. The minimum absolute atomic E-state index is 0. The Morgan fingerprint density at radius 2 is 1.69 bits per heavy atom. The molecule has 230 valence electrons. The molecular weight excluding hydrogens is 572 g/mol. The van der Waals surface area contributed by atoms with Crippen molar-refractivity contribution in [3.8, 4) is 16.9 Å². The number of methoxy groups -OCH3 is 1. The van der Waals surface area contributed by atoms with E-state index in [1.165, 1.54) is 0 Å². The number of aryl methyl sites for hydroxylation is 2. The van der Waals surface area contributed by atoms with Crippen LogP contribution in [0.2, 0.25) is 0 Å². The maximum absolute atomic E-state index is 13.4. The molecular formula is C31H45ClN6O3S. The lowest BCUT2D eigenvalue weighted by molar-refractivity contribution is 0.280. The van der Waals surface area contributed by atoms with Gasteiger partial charge in [0.15, 0.2) is 0 Å². The molecule has 0 bridgehead atoms. The first-order valence-corrected chi connectivity index (χ1v) is 14.8. The first kappa shape index (κ1) is 35.0. The molecule has 0 spiro atoms. The van der Waals surface area contributed by atoms with Gasteiger partial charge < -0.3 is 20.4 Å². The molecule has 0 saturated carbocycles. The zero-order valence-electron chi connectivity index (χ0n) is 25.5. The van der Waals surface area contributed by atoms with Crippen molar-refractivity contribution in [2.45, 2.75) is 52.0 Å². The minimum Gasteiger partial charge on any atom is -0.497 e. The summed E-state index contributed by atoms with van der Waals surface area (Å²) in [6.45, 7) is 13.1. The number of fused-ring (bicyclic) bond motifs is 1. The third kappa shape index (κ3) is 8.45. The van der Waals surface area contributed by atoms with Gasteiger partial charge in [-0.15, -0.1) is 22.6 Å². The molecule has 3 N–H and O–H groups in total. The summed E-state index contributed by atoms with van der Waals surface area (Å²) in [7, 11) is 2.54. The Morgan fingerprint density at radius 1 is 0.976 bits per heavy atom. The molecule has 0 fully saturated rings. The summed E-state index contributed by atoms with van der Waals surface area (Å²) < 4.78 is 20.8. The summed E-state index contributed by atoms with van der Waals surface area (Å²) in [6.07, 6.45) is 1.11. The Balaban J connectivity index is 0.00000308. The van der Waals surface area contributed by atoms with E-state index < -0.39 is 11.0 Å². The molecule has 0 saturated heterocycles. The van der Waals surface area contributed by atoms with Crippen LogP contribution in [0.25, 0.3) is 22.2 Å².